The summed E-state index contributed by atoms with van der Waals surface area (Å²) in [7, 11) is 4.29. The van der Waals surface area contributed by atoms with E-state index in [4.69, 9.17) is 9.47 Å². The van der Waals surface area contributed by atoms with Crippen molar-refractivity contribution in [1.29, 1.82) is 0 Å². The van der Waals surface area contributed by atoms with E-state index < -0.39 is 29.4 Å². The van der Waals surface area contributed by atoms with Crippen molar-refractivity contribution in [2.45, 2.75) is 61.9 Å². The van der Waals surface area contributed by atoms with Crippen molar-refractivity contribution in [1.82, 2.24) is 0 Å². The third-order valence-corrected chi connectivity index (χ3v) is 7.65. The van der Waals surface area contributed by atoms with Crippen LogP contribution < -0.4 is 0 Å². The first kappa shape index (κ1) is 22.4. The normalized spacial score (nSPS) is 31.4. The van der Waals surface area contributed by atoms with Gasteiger partial charge >= 0.3 is 12.1 Å². The number of esters is 1. The standard InChI is InChI=1S/C25H27F3NO4/c1-14-6-4-7-15(10-14)24(31,16-8-5-9-17(11-16)25(26,27)28)23(30)32-18-12-19-21-22(33-21)20(13-18)29(19,2)3/h4-11,18-22,31H,12-13H2,1-3H3/q+1/t18?,19-,20?,21-,22?,24?/m0/s1. The smallest absolute Gasteiger partial charge is 0.416 e. The average molecular weight is 462 g/mol. The molecule has 3 saturated heterocycles. The van der Waals surface area contributed by atoms with E-state index in [0.717, 1.165) is 22.2 Å². The van der Waals surface area contributed by atoms with E-state index in [0.29, 0.717) is 12.8 Å². The third-order valence-electron chi connectivity index (χ3n) is 7.65. The number of nitrogens with zero attached hydrogens (tertiary/aromatic N) is 1. The zero-order valence-corrected chi connectivity index (χ0v) is 18.7. The number of halogens is 3. The molecule has 0 amide bonds. The molecule has 3 aliphatic rings. The van der Waals surface area contributed by atoms with Crippen LogP contribution in [0.25, 0.3) is 0 Å². The van der Waals surface area contributed by atoms with Crippen LogP contribution in [0.5, 0.6) is 0 Å². The summed E-state index contributed by atoms with van der Waals surface area (Å²) in [6, 6.07) is 11.2. The van der Waals surface area contributed by atoms with Crippen molar-refractivity contribution in [3.8, 4) is 0 Å². The maximum atomic E-state index is 13.5. The van der Waals surface area contributed by atoms with Crippen molar-refractivity contribution in [3.63, 3.8) is 0 Å². The van der Waals surface area contributed by atoms with Gasteiger partial charge in [-0.1, -0.05) is 42.0 Å². The van der Waals surface area contributed by atoms with Crippen LogP contribution >= 0.6 is 0 Å². The third kappa shape index (κ3) is 3.55. The van der Waals surface area contributed by atoms with Gasteiger partial charge in [0.05, 0.1) is 19.7 Å². The first-order chi connectivity index (χ1) is 15.4. The average Bonchev–Trinajstić information content (AvgIpc) is 3.51. The van der Waals surface area contributed by atoms with Crippen LogP contribution in [-0.4, -0.2) is 60.0 Å². The van der Waals surface area contributed by atoms with Gasteiger partial charge in [0.1, 0.15) is 30.4 Å². The minimum atomic E-state index is -4.61. The fourth-order valence-electron chi connectivity index (χ4n) is 5.73. The number of ether oxygens (including phenoxy) is 2. The number of benzene rings is 2. The minimum absolute atomic E-state index is 0.160. The fraction of sp³-hybridized carbons (Fsp3) is 0.480. The maximum absolute atomic E-state index is 13.5. The molecule has 2 aromatic carbocycles. The lowest BCUT2D eigenvalue weighted by molar-refractivity contribution is -0.938. The van der Waals surface area contributed by atoms with Gasteiger partial charge in [-0.05, 0) is 24.6 Å². The molecule has 0 spiro atoms. The van der Waals surface area contributed by atoms with Crippen LogP contribution in [0.1, 0.15) is 35.1 Å². The summed E-state index contributed by atoms with van der Waals surface area (Å²) in [5.41, 5.74) is -2.54. The van der Waals surface area contributed by atoms with Crippen molar-refractivity contribution in [3.05, 3.63) is 70.8 Å². The largest absolute Gasteiger partial charge is 0.459 e. The zero-order valence-electron chi connectivity index (χ0n) is 18.7. The Morgan fingerprint density at radius 2 is 1.55 bits per heavy atom. The number of fused-ring (bicyclic) bond motifs is 5. The van der Waals surface area contributed by atoms with E-state index in [1.807, 2.05) is 0 Å². The number of aliphatic hydroxyl groups is 1. The van der Waals surface area contributed by atoms with E-state index in [1.165, 1.54) is 18.2 Å². The Balaban J connectivity index is 1.49. The molecule has 0 saturated carbocycles. The molecule has 3 aliphatic heterocycles. The summed E-state index contributed by atoms with van der Waals surface area (Å²) < 4.78 is 52.6. The second kappa shape index (κ2) is 7.29. The second-order valence-electron chi connectivity index (χ2n) is 9.99. The van der Waals surface area contributed by atoms with Crippen LogP contribution in [-0.2, 0) is 26.0 Å². The van der Waals surface area contributed by atoms with Crippen LogP contribution in [0.15, 0.2) is 48.5 Å². The van der Waals surface area contributed by atoms with Gasteiger partial charge in [0.2, 0.25) is 5.60 Å². The number of morpholine rings is 1. The van der Waals surface area contributed by atoms with Gasteiger partial charge in [0.15, 0.2) is 0 Å². The molecule has 8 heteroatoms. The number of alkyl halides is 3. The van der Waals surface area contributed by atoms with Crippen molar-refractivity contribution >= 4 is 5.97 Å². The molecule has 2 bridgehead atoms. The molecular weight excluding hydrogens is 435 g/mol. The molecule has 5 nitrogen and oxygen atoms in total. The first-order valence-corrected chi connectivity index (χ1v) is 11.1. The van der Waals surface area contributed by atoms with Crippen LogP contribution in [0.4, 0.5) is 13.2 Å². The van der Waals surface area contributed by atoms with Crippen molar-refractivity contribution < 1.29 is 37.0 Å². The fourth-order valence-corrected chi connectivity index (χ4v) is 5.73. The molecule has 0 aliphatic carbocycles. The monoisotopic (exact) mass is 462 g/mol. The number of hydrogen-bond donors (Lipinski definition) is 1. The molecule has 3 heterocycles. The molecule has 176 valence electrons. The Bertz CT molecular complexity index is 1080. The Morgan fingerprint density at radius 1 is 1.00 bits per heavy atom. The lowest BCUT2D eigenvalue weighted by Crippen LogP contribution is -2.60. The number of carbonyl (C=O) groups is 1. The summed E-state index contributed by atoms with van der Waals surface area (Å²) in [5.74, 6) is -0.960. The summed E-state index contributed by atoms with van der Waals surface area (Å²) in [4.78, 5) is 13.5. The van der Waals surface area contributed by atoms with E-state index >= 15 is 0 Å². The van der Waals surface area contributed by atoms with Gasteiger partial charge in [0, 0.05) is 18.4 Å². The molecule has 3 fully saturated rings. The quantitative estimate of drug-likeness (QED) is 0.429. The predicted octanol–water partition coefficient (Wildman–Crippen LogP) is 3.55. The summed E-state index contributed by atoms with van der Waals surface area (Å²) >= 11 is 0. The molecule has 4 unspecified atom stereocenters. The molecule has 6 atom stereocenters. The Kier molecular flexibility index (Phi) is 4.94. The number of aryl methyl sites for hydroxylation is 1. The summed E-state index contributed by atoms with van der Waals surface area (Å²) in [5, 5.41) is 11.7. The molecule has 33 heavy (non-hydrogen) atoms. The van der Waals surface area contributed by atoms with Gasteiger partial charge in [-0.3, -0.25) is 0 Å². The highest BCUT2D eigenvalue weighted by Gasteiger charge is 2.71. The molecule has 0 radical (unpaired) electrons. The van der Waals surface area contributed by atoms with Gasteiger partial charge in [0.25, 0.3) is 0 Å². The number of quaternary nitrogens is 1. The van der Waals surface area contributed by atoms with Gasteiger partial charge in [-0.15, -0.1) is 0 Å². The SMILES string of the molecule is Cc1cccc(C(O)(C(=O)OC2CC3C4O[C@H]4[C@H](C2)[N+]3(C)C)c2cccc(C(F)(F)F)c2)c1. The summed E-state index contributed by atoms with van der Waals surface area (Å²) in [6.45, 7) is 1.78. The van der Waals surface area contributed by atoms with Crippen LogP contribution in [0, 0.1) is 6.92 Å². The maximum Gasteiger partial charge on any atom is 0.416 e. The molecular formula is C25H27F3NO4+. The van der Waals surface area contributed by atoms with Crippen molar-refractivity contribution in [2.75, 3.05) is 14.1 Å². The second-order valence-corrected chi connectivity index (χ2v) is 9.99. The Hall–Kier alpha value is -2.42. The lowest BCUT2D eigenvalue weighted by Gasteiger charge is -2.45. The van der Waals surface area contributed by atoms with Gasteiger partial charge < -0.3 is 19.1 Å². The molecule has 2 aromatic rings. The number of likely N-dealkylation sites (N-methyl/N-ethyl adjacent to an activating group) is 1. The van der Waals surface area contributed by atoms with E-state index in [2.05, 4.69) is 14.1 Å². The van der Waals surface area contributed by atoms with Crippen molar-refractivity contribution in [2.24, 2.45) is 0 Å². The summed E-state index contributed by atoms with van der Waals surface area (Å²) in [6.07, 6.45) is -3.55. The topological polar surface area (TPSA) is 59.1 Å². The highest BCUT2D eigenvalue weighted by molar-refractivity contribution is 5.85. The highest BCUT2D eigenvalue weighted by Crippen LogP contribution is 2.52. The van der Waals surface area contributed by atoms with Gasteiger partial charge in [-0.2, -0.15) is 13.2 Å². The zero-order chi connectivity index (χ0) is 23.8. The Labute approximate surface area is 190 Å². The lowest BCUT2D eigenvalue weighted by atomic mass is 9.84. The minimum Gasteiger partial charge on any atom is -0.459 e. The number of epoxide rings is 1. The first-order valence-electron chi connectivity index (χ1n) is 11.1. The molecule has 1 N–H and O–H groups in total. The highest BCUT2D eigenvalue weighted by atomic mass is 19.4. The number of piperidine rings is 1. The molecule has 5 rings (SSSR count). The Morgan fingerprint density at radius 3 is 2.12 bits per heavy atom. The predicted molar refractivity (Wildman–Crippen MR) is 113 cm³/mol. The molecule has 0 aromatic heterocycles. The van der Waals surface area contributed by atoms with E-state index in [1.54, 1.807) is 25.1 Å². The number of rotatable bonds is 4. The van der Waals surface area contributed by atoms with E-state index in [9.17, 15) is 23.1 Å². The van der Waals surface area contributed by atoms with Crippen LogP contribution in [0.3, 0.4) is 0 Å². The number of hydrogen-bond acceptors (Lipinski definition) is 4. The van der Waals surface area contributed by atoms with E-state index in [-0.39, 0.29) is 35.4 Å². The number of carbonyl (C=O) groups excluding carboxylic acids is 1. The van der Waals surface area contributed by atoms with Gasteiger partial charge in [-0.25, -0.2) is 4.79 Å². The van der Waals surface area contributed by atoms with Crippen LogP contribution in [0.2, 0.25) is 0 Å².